The smallest absolute Gasteiger partial charge is 0.306 e. The average Bonchev–Trinajstić information content (AvgIpc) is 1.82. The minimum atomic E-state index is -0.733. The first-order valence-corrected chi connectivity index (χ1v) is 3.11. The molecule has 0 saturated carbocycles. The van der Waals surface area contributed by atoms with Crippen molar-refractivity contribution < 1.29 is 9.90 Å². The predicted octanol–water partition coefficient (Wildman–Crippen LogP) is 0.446. The van der Waals surface area contributed by atoms with Crippen molar-refractivity contribution in [3.05, 3.63) is 0 Å². The summed E-state index contributed by atoms with van der Waals surface area (Å²) in [7, 11) is 0. The fraction of sp³-hybridized carbons (Fsp3) is 0.833. The lowest BCUT2D eigenvalue weighted by Crippen LogP contribution is -2.11. The minimum absolute atomic E-state index is 0.242. The summed E-state index contributed by atoms with van der Waals surface area (Å²) in [6.45, 7) is 2.27. The Balaban J connectivity index is 3.27. The van der Waals surface area contributed by atoms with Crippen molar-refractivity contribution in [2.45, 2.75) is 19.8 Å². The third-order valence-corrected chi connectivity index (χ3v) is 1.26. The molecule has 9 heavy (non-hydrogen) atoms. The van der Waals surface area contributed by atoms with Crippen LogP contribution in [0, 0.1) is 5.92 Å². The molecule has 0 saturated heterocycles. The highest BCUT2D eigenvalue weighted by Crippen LogP contribution is 2.03. The lowest BCUT2D eigenvalue weighted by molar-refractivity contribution is -0.141. The molecule has 3 N–H and O–H groups in total. The Hall–Kier alpha value is -0.570. The first-order valence-electron chi connectivity index (χ1n) is 3.11. The quantitative estimate of drug-likeness (QED) is 0.582. The van der Waals surface area contributed by atoms with Gasteiger partial charge < -0.3 is 10.8 Å². The molecular formula is C6H13NO2. The fourth-order valence-electron chi connectivity index (χ4n) is 0.548. The summed E-state index contributed by atoms with van der Waals surface area (Å²) in [5.41, 5.74) is 5.18. The van der Waals surface area contributed by atoms with E-state index in [9.17, 15) is 4.79 Å². The summed E-state index contributed by atoms with van der Waals surface area (Å²) < 4.78 is 0. The molecule has 0 fully saturated rings. The van der Waals surface area contributed by atoms with Gasteiger partial charge in [0.1, 0.15) is 0 Å². The number of carboxylic acids is 1. The van der Waals surface area contributed by atoms with Gasteiger partial charge in [0, 0.05) is 0 Å². The maximum absolute atomic E-state index is 10.2. The third kappa shape index (κ3) is 3.97. The van der Waals surface area contributed by atoms with E-state index >= 15 is 0 Å². The first kappa shape index (κ1) is 8.43. The summed E-state index contributed by atoms with van der Waals surface area (Å²) in [4.78, 5) is 10.2. The second-order valence-corrected chi connectivity index (χ2v) is 2.17. The highest BCUT2D eigenvalue weighted by molar-refractivity contribution is 5.69. The van der Waals surface area contributed by atoms with Gasteiger partial charge in [-0.3, -0.25) is 4.79 Å². The highest BCUT2D eigenvalue weighted by atomic mass is 16.4. The van der Waals surface area contributed by atoms with E-state index in [4.69, 9.17) is 10.8 Å². The number of nitrogens with two attached hydrogens (primary N) is 1. The van der Waals surface area contributed by atoms with Gasteiger partial charge in [0.25, 0.3) is 0 Å². The maximum atomic E-state index is 10.2. The van der Waals surface area contributed by atoms with Crippen LogP contribution in [0.4, 0.5) is 0 Å². The van der Waals surface area contributed by atoms with Gasteiger partial charge in [-0.05, 0) is 19.4 Å². The topological polar surface area (TPSA) is 63.3 Å². The Labute approximate surface area is 54.9 Å². The number of aliphatic carboxylic acids is 1. The van der Waals surface area contributed by atoms with Gasteiger partial charge in [-0.25, -0.2) is 0 Å². The SMILES string of the molecule is C[C@@H](CCCN)C(=O)O. The van der Waals surface area contributed by atoms with Crippen molar-refractivity contribution in [3.8, 4) is 0 Å². The number of carboxylic acid groups (broad SMARTS) is 1. The molecule has 0 aliphatic rings. The monoisotopic (exact) mass is 131 g/mol. The predicted molar refractivity (Wildman–Crippen MR) is 35.1 cm³/mol. The molecular weight excluding hydrogens is 118 g/mol. The molecule has 0 aromatic carbocycles. The molecule has 0 rings (SSSR count). The van der Waals surface area contributed by atoms with Gasteiger partial charge >= 0.3 is 5.97 Å². The molecule has 1 atom stereocenters. The molecule has 0 heterocycles. The molecule has 0 aliphatic carbocycles. The average molecular weight is 131 g/mol. The van der Waals surface area contributed by atoms with E-state index in [0.29, 0.717) is 13.0 Å². The zero-order valence-electron chi connectivity index (χ0n) is 5.63. The molecule has 3 nitrogen and oxygen atoms in total. The van der Waals surface area contributed by atoms with Crippen molar-refractivity contribution in [2.75, 3.05) is 6.54 Å². The van der Waals surface area contributed by atoms with Crippen molar-refractivity contribution in [1.29, 1.82) is 0 Å². The van der Waals surface area contributed by atoms with Gasteiger partial charge in [-0.1, -0.05) is 6.92 Å². The van der Waals surface area contributed by atoms with E-state index in [1.165, 1.54) is 0 Å². The van der Waals surface area contributed by atoms with Gasteiger partial charge in [0.05, 0.1) is 5.92 Å². The van der Waals surface area contributed by atoms with Gasteiger partial charge in [-0.2, -0.15) is 0 Å². The zero-order valence-corrected chi connectivity index (χ0v) is 5.63. The van der Waals surface area contributed by atoms with Crippen LogP contribution in [0.5, 0.6) is 0 Å². The van der Waals surface area contributed by atoms with Crippen LogP contribution < -0.4 is 5.73 Å². The molecule has 3 heteroatoms. The minimum Gasteiger partial charge on any atom is -0.481 e. The van der Waals surface area contributed by atoms with E-state index < -0.39 is 5.97 Å². The van der Waals surface area contributed by atoms with E-state index in [1.807, 2.05) is 0 Å². The van der Waals surface area contributed by atoms with Gasteiger partial charge in [0.2, 0.25) is 0 Å². The highest BCUT2D eigenvalue weighted by Gasteiger charge is 2.08. The molecule has 54 valence electrons. The summed E-state index contributed by atoms with van der Waals surface area (Å²) in [6, 6.07) is 0. The fourth-order valence-corrected chi connectivity index (χ4v) is 0.548. The normalized spacial score (nSPS) is 13.1. The number of hydrogen-bond donors (Lipinski definition) is 2. The number of rotatable bonds is 4. The van der Waals surface area contributed by atoms with E-state index in [2.05, 4.69) is 0 Å². The summed E-state index contributed by atoms with van der Waals surface area (Å²) in [6.07, 6.45) is 1.49. The first-order chi connectivity index (χ1) is 4.18. The van der Waals surface area contributed by atoms with Crippen LogP contribution in [0.3, 0.4) is 0 Å². The van der Waals surface area contributed by atoms with Crippen LogP contribution in [0.25, 0.3) is 0 Å². The lowest BCUT2D eigenvalue weighted by Gasteiger charge is -2.02. The molecule has 0 unspecified atom stereocenters. The van der Waals surface area contributed by atoms with Crippen LogP contribution in [0.1, 0.15) is 19.8 Å². The largest absolute Gasteiger partial charge is 0.481 e. The van der Waals surface area contributed by atoms with Crippen LogP contribution in [-0.4, -0.2) is 17.6 Å². The number of hydrogen-bond acceptors (Lipinski definition) is 2. The molecule has 0 aliphatic heterocycles. The van der Waals surface area contributed by atoms with Crippen molar-refractivity contribution in [3.63, 3.8) is 0 Å². The van der Waals surface area contributed by atoms with Crippen molar-refractivity contribution in [2.24, 2.45) is 11.7 Å². The molecule has 0 bridgehead atoms. The zero-order chi connectivity index (χ0) is 7.28. The molecule has 0 aromatic rings. The molecule has 0 radical (unpaired) electrons. The number of carbonyl (C=O) groups is 1. The van der Waals surface area contributed by atoms with E-state index in [1.54, 1.807) is 6.92 Å². The lowest BCUT2D eigenvalue weighted by atomic mass is 10.1. The van der Waals surface area contributed by atoms with Crippen LogP contribution in [0.2, 0.25) is 0 Å². The van der Waals surface area contributed by atoms with E-state index in [-0.39, 0.29) is 5.92 Å². The standard InChI is InChI=1S/C6H13NO2/c1-5(6(8)9)3-2-4-7/h5H,2-4,7H2,1H3,(H,8,9)/t5-/m0/s1. The van der Waals surface area contributed by atoms with Gasteiger partial charge in [-0.15, -0.1) is 0 Å². The Morgan fingerprint density at radius 1 is 1.78 bits per heavy atom. The Bertz CT molecular complexity index is 93.1. The summed E-state index contributed by atoms with van der Waals surface area (Å²) in [5.74, 6) is -0.975. The molecule has 0 aromatic heterocycles. The maximum Gasteiger partial charge on any atom is 0.306 e. The van der Waals surface area contributed by atoms with Crippen molar-refractivity contribution >= 4 is 5.97 Å². The Kier molecular flexibility index (Phi) is 4.05. The van der Waals surface area contributed by atoms with Gasteiger partial charge in [0.15, 0.2) is 0 Å². The van der Waals surface area contributed by atoms with Crippen LogP contribution >= 0.6 is 0 Å². The second-order valence-electron chi connectivity index (χ2n) is 2.17. The van der Waals surface area contributed by atoms with Crippen LogP contribution in [0.15, 0.2) is 0 Å². The van der Waals surface area contributed by atoms with Crippen LogP contribution in [-0.2, 0) is 4.79 Å². The Morgan fingerprint density at radius 3 is 2.67 bits per heavy atom. The second kappa shape index (κ2) is 4.32. The third-order valence-electron chi connectivity index (χ3n) is 1.26. The van der Waals surface area contributed by atoms with E-state index in [0.717, 1.165) is 6.42 Å². The molecule has 0 spiro atoms. The summed E-state index contributed by atoms with van der Waals surface area (Å²) >= 11 is 0. The Morgan fingerprint density at radius 2 is 2.33 bits per heavy atom. The summed E-state index contributed by atoms with van der Waals surface area (Å²) in [5, 5.41) is 8.37. The molecule has 0 amide bonds. The van der Waals surface area contributed by atoms with Crippen molar-refractivity contribution in [1.82, 2.24) is 0 Å².